The van der Waals surface area contributed by atoms with Crippen molar-refractivity contribution in [2.45, 2.75) is 19.8 Å². The van der Waals surface area contributed by atoms with E-state index in [2.05, 4.69) is 21.3 Å². The molecule has 0 aromatic heterocycles. The highest BCUT2D eigenvalue weighted by atomic mass is 16.5. The lowest BCUT2D eigenvalue weighted by Gasteiger charge is -2.18. The molecule has 1 aliphatic heterocycles. The average molecular weight is 410 g/mol. The van der Waals surface area contributed by atoms with Crippen molar-refractivity contribution in [1.29, 1.82) is 0 Å². The van der Waals surface area contributed by atoms with E-state index in [1.54, 1.807) is 36.4 Å². The van der Waals surface area contributed by atoms with Crippen LogP contribution in [0.2, 0.25) is 0 Å². The van der Waals surface area contributed by atoms with E-state index in [0.29, 0.717) is 29.2 Å². The molecule has 3 rings (SSSR count). The van der Waals surface area contributed by atoms with E-state index in [1.165, 1.54) is 6.92 Å². The van der Waals surface area contributed by atoms with Crippen LogP contribution in [0, 0.1) is 0 Å². The molecule has 9 heteroatoms. The summed E-state index contributed by atoms with van der Waals surface area (Å²) in [4.78, 5) is 46.6. The topological polar surface area (TPSA) is 126 Å². The van der Waals surface area contributed by atoms with Gasteiger partial charge in [0.25, 0.3) is 5.91 Å². The van der Waals surface area contributed by atoms with Gasteiger partial charge in [-0.1, -0.05) is 12.1 Å². The molecule has 30 heavy (non-hydrogen) atoms. The highest BCUT2D eigenvalue weighted by Crippen LogP contribution is 2.28. The molecular formula is C21H22N4O5. The second-order valence-corrected chi connectivity index (χ2v) is 6.75. The van der Waals surface area contributed by atoms with Crippen molar-refractivity contribution in [2.75, 3.05) is 29.1 Å². The minimum absolute atomic E-state index is 0.00560. The Morgan fingerprint density at radius 3 is 2.57 bits per heavy atom. The summed E-state index contributed by atoms with van der Waals surface area (Å²) in [6, 6.07) is 12.1. The number of carbonyl (C=O) groups excluding carboxylic acids is 4. The van der Waals surface area contributed by atoms with Gasteiger partial charge in [-0.3, -0.25) is 19.2 Å². The van der Waals surface area contributed by atoms with E-state index in [4.69, 9.17) is 4.74 Å². The third-order valence-corrected chi connectivity index (χ3v) is 4.23. The van der Waals surface area contributed by atoms with Crippen LogP contribution in [-0.4, -0.2) is 36.8 Å². The second-order valence-electron chi connectivity index (χ2n) is 6.75. The Morgan fingerprint density at radius 2 is 1.80 bits per heavy atom. The number of amides is 4. The fourth-order valence-corrected chi connectivity index (χ4v) is 2.89. The van der Waals surface area contributed by atoms with Gasteiger partial charge in [-0.25, -0.2) is 0 Å². The number of hydrogen-bond donors (Lipinski definition) is 4. The Balaban J connectivity index is 1.43. The van der Waals surface area contributed by atoms with Crippen LogP contribution in [0.5, 0.6) is 5.75 Å². The first-order valence-corrected chi connectivity index (χ1v) is 9.39. The molecule has 1 aliphatic rings. The van der Waals surface area contributed by atoms with Gasteiger partial charge in [0.15, 0.2) is 6.61 Å². The van der Waals surface area contributed by atoms with Gasteiger partial charge < -0.3 is 26.0 Å². The molecule has 0 fully saturated rings. The largest absolute Gasteiger partial charge is 0.482 e. The predicted octanol–water partition coefficient (Wildman–Crippen LogP) is 1.66. The van der Waals surface area contributed by atoms with Crippen molar-refractivity contribution < 1.29 is 23.9 Å². The molecule has 0 radical (unpaired) electrons. The van der Waals surface area contributed by atoms with Gasteiger partial charge in [0.1, 0.15) is 5.75 Å². The third-order valence-electron chi connectivity index (χ3n) is 4.23. The van der Waals surface area contributed by atoms with Gasteiger partial charge in [0.05, 0.1) is 12.2 Å². The fourth-order valence-electron chi connectivity index (χ4n) is 2.89. The smallest absolute Gasteiger partial charge is 0.262 e. The summed E-state index contributed by atoms with van der Waals surface area (Å²) in [5.41, 5.74) is 2.54. The third kappa shape index (κ3) is 6.06. The van der Waals surface area contributed by atoms with E-state index in [9.17, 15) is 19.2 Å². The number of benzene rings is 2. The van der Waals surface area contributed by atoms with Gasteiger partial charge in [0, 0.05) is 24.7 Å². The zero-order valence-electron chi connectivity index (χ0n) is 16.4. The SMILES string of the molecule is CC(=O)Nc1cccc(NC(=O)CNC(=O)CCc2ccc3c(c2)NC(=O)CO3)c1. The summed E-state index contributed by atoms with van der Waals surface area (Å²) in [7, 11) is 0. The molecule has 0 saturated heterocycles. The Labute approximate surface area is 173 Å². The summed E-state index contributed by atoms with van der Waals surface area (Å²) in [6.07, 6.45) is 0.647. The number of aryl methyl sites for hydroxylation is 1. The number of fused-ring (bicyclic) bond motifs is 1. The van der Waals surface area contributed by atoms with Crippen LogP contribution in [0.25, 0.3) is 0 Å². The van der Waals surface area contributed by atoms with E-state index in [-0.39, 0.29) is 43.2 Å². The molecule has 2 aromatic carbocycles. The van der Waals surface area contributed by atoms with Crippen molar-refractivity contribution in [1.82, 2.24) is 5.32 Å². The first kappa shape index (κ1) is 20.8. The van der Waals surface area contributed by atoms with Gasteiger partial charge in [0.2, 0.25) is 17.7 Å². The standard InChI is InChI=1S/C21H22N4O5/c1-13(26)23-15-3-2-4-16(10-15)24-20(28)11-22-19(27)8-6-14-5-7-18-17(9-14)25-21(29)12-30-18/h2-5,7,9-10H,6,8,11-12H2,1H3,(H,22,27)(H,23,26)(H,24,28)(H,25,29). The fraction of sp³-hybridized carbons (Fsp3) is 0.238. The maximum absolute atomic E-state index is 12.1. The van der Waals surface area contributed by atoms with Gasteiger partial charge in [-0.15, -0.1) is 0 Å². The van der Waals surface area contributed by atoms with Crippen molar-refractivity contribution in [3.05, 3.63) is 48.0 Å². The van der Waals surface area contributed by atoms with Crippen LogP contribution in [0.1, 0.15) is 18.9 Å². The molecule has 0 spiro atoms. The summed E-state index contributed by atoms with van der Waals surface area (Å²) in [5, 5.41) is 10.6. The lowest BCUT2D eigenvalue weighted by atomic mass is 10.1. The molecule has 2 aromatic rings. The number of rotatable bonds is 7. The molecule has 0 bridgehead atoms. The van der Waals surface area contributed by atoms with E-state index < -0.39 is 0 Å². The molecule has 9 nitrogen and oxygen atoms in total. The van der Waals surface area contributed by atoms with Crippen LogP contribution in [0.3, 0.4) is 0 Å². The Bertz CT molecular complexity index is 989. The molecule has 0 aliphatic carbocycles. The maximum atomic E-state index is 12.1. The highest BCUT2D eigenvalue weighted by molar-refractivity contribution is 5.96. The molecule has 0 atom stereocenters. The minimum atomic E-state index is -0.378. The number of nitrogens with one attached hydrogen (secondary N) is 4. The minimum Gasteiger partial charge on any atom is -0.482 e. The van der Waals surface area contributed by atoms with E-state index >= 15 is 0 Å². The van der Waals surface area contributed by atoms with Crippen LogP contribution in [0.4, 0.5) is 17.1 Å². The molecule has 156 valence electrons. The molecule has 1 heterocycles. The normalized spacial score (nSPS) is 12.1. The van der Waals surface area contributed by atoms with Gasteiger partial charge in [-0.05, 0) is 42.3 Å². The highest BCUT2D eigenvalue weighted by Gasteiger charge is 2.16. The first-order valence-electron chi connectivity index (χ1n) is 9.39. The van der Waals surface area contributed by atoms with Crippen molar-refractivity contribution in [3.63, 3.8) is 0 Å². The van der Waals surface area contributed by atoms with Gasteiger partial charge >= 0.3 is 0 Å². The van der Waals surface area contributed by atoms with Crippen LogP contribution in [-0.2, 0) is 25.6 Å². The quantitative estimate of drug-likeness (QED) is 0.552. The van der Waals surface area contributed by atoms with Crippen LogP contribution >= 0.6 is 0 Å². The Morgan fingerprint density at radius 1 is 1.03 bits per heavy atom. The number of hydrogen-bond acceptors (Lipinski definition) is 5. The maximum Gasteiger partial charge on any atom is 0.262 e. The summed E-state index contributed by atoms with van der Waals surface area (Å²) in [5.74, 6) is -0.472. The van der Waals surface area contributed by atoms with Crippen molar-refractivity contribution >= 4 is 40.7 Å². The van der Waals surface area contributed by atoms with Crippen molar-refractivity contribution in [2.24, 2.45) is 0 Å². The number of carbonyl (C=O) groups is 4. The lowest BCUT2D eigenvalue weighted by molar-refractivity contribution is -0.124. The van der Waals surface area contributed by atoms with Crippen molar-refractivity contribution in [3.8, 4) is 5.75 Å². The van der Waals surface area contributed by atoms with E-state index in [1.807, 2.05) is 6.07 Å². The Kier molecular flexibility index (Phi) is 6.63. The molecule has 4 amide bonds. The Hall–Kier alpha value is -3.88. The lowest BCUT2D eigenvalue weighted by Crippen LogP contribution is -2.33. The molecular weight excluding hydrogens is 388 g/mol. The summed E-state index contributed by atoms with van der Waals surface area (Å²) >= 11 is 0. The number of ether oxygens (including phenoxy) is 1. The average Bonchev–Trinajstić information content (AvgIpc) is 2.70. The molecule has 0 unspecified atom stereocenters. The van der Waals surface area contributed by atoms with E-state index in [0.717, 1.165) is 5.56 Å². The van der Waals surface area contributed by atoms with Crippen LogP contribution in [0.15, 0.2) is 42.5 Å². The molecule has 0 saturated carbocycles. The monoisotopic (exact) mass is 410 g/mol. The second kappa shape index (κ2) is 9.55. The zero-order valence-corrected chi connectivity index (χ0v) is 16.4. The number of anilines is 3. The first-order chi connectivity index (χ1) is 14.4. The summed E-state index contributed by atoms with van der Waals surface area (Å²) < 4.78 is 5.30. The summed E-state index contributed by atoms with van der Waals surface area (Å²) in [6.45, 7) is 1.22. The van der Waals surface area contributed by atoms with Crippen LogP contribution < -0.4 is 26.0 Å². The van der Waals surface area contributed by atoms with Gasteiger partial charge in [-0.2, -0.15) is 0 Å². The molecule has 4 N–H and O–H groups in total. The predicted molar refractivity (Wildman–Crippen MR) is 111 cm³/mol. The zero-order chi connectivity index (χ0) is 21.5.